The van der Waals surface area contributed by atoms with Crippen molar-refractivity contribution in [2.24, 2.45) is 0 Å². The third-order valence-corrected chi connectivity index (χ3v) is 4.32. The molecule has 1 heterocycles. The highest BCUT2D eigenvalue weighted by Gasteiger charge is 2.42. The minimum Gasteiger partial charge on any atom is -0.480 e. The Kier molecular flexibility index (Phi) is 3.78. The number of β-amino-alcohol motifs (C(OH)–C–C–N with tert-alkyl or cyclic N) is 1. The molecule has 8 heteroatoms. The van der Waals surface area contributed by atoms with Gasteiger partial charge in [-0.05, 0) is 6.92 Å². The summed E-state index contributed by atoms with van der Waals surface area (Å²) in [5, 5.41) is 16.9. The van der Waals surface area contributed by atoms with E-state index in [4.69, 9.17) is 5.11 Å². The molecule has 1 amide bonds. The number of rotatable bonds is 3. The Balaban J connectivity index is 2.92. The molecule has 0 radical (unpaired) electrons. The highest BCUT2D eigenvalue weighted by molar-refractivity contribution is 7.92. The first kappa shape index (κ1) is 13.9. The van der Waals surface area contributed by atoms with Crippen molar-refractivity contribution < 1.29 is 28.2 Å². The fourth-order valence-electron chi connectivity index (χ4n) is 1.71. The van der Waals surface area contributed by atoms with Crippen molar-refractivity contribution >= 4 is 21.7 Å². The van der Waals surface area contributed by atoms with Crippen molar-refractivity contribution in [1.29, 1.82) is 0 Å². The lowest BCUT2D eigenvalue weighted by atomic mass is 10.2. The van der Waals surface area contributed by atoms with Crippen molar-refractivity contribution in [2.75, 3.05) is 12.8 Å². The van der Waals surface area contributed by atoms with Crippen LogP contribution >= 0.6 is 0 Å². The first-order chi connectivity index (χ1) is 7.64. The van der Waals surface area contributed by atoms with Crippen molar-refractivity contribution in [1.82, 2.24) is 4.90 Å². The van der Waals surface area contributed by atoms with Gasteiger partial charge in [0.15, 0.2) is 9.84 Å². The summed E-state index contributed by atoms with van der Waals surface area (Å²) < 4.78 is 22.5. The number of amides is 1. The fourth-order valence-corrected chi connectivity index (χ4v) is 2.21. The summed E-state index contributed by atoms with van der Waals surface area (Å²) in [6.07, 6.45) is -0.0816. The van der Waals surface area contributed by atoms with E-state index in [-0.39, 0.29) is 13.0 Å². The summed E-state index contributed by atoms with van der Waals surface area (Å²) in [4.78, 5) is 23.6. The third kappa shape index (κ3) is 2.95. The molecule has 0 aliphatic carbocycles. The summed E-state index contributed by atoms with van der Waals surface area (Å²) in [5.74, 6) is -2.02. The van der Waals surface area contributed by atoms with Gasteiger partial charge in [0, 0.05) is 19.2 Å². The lowest BCUT2D eigenvalue weighted by molar-refractivity contribution is -0.147. The number of likely N-dealkylation sites (tertiary alicyclic amines) is 1. The van der Waals surface area contributed by atoms with Crippen LogP contribution in [-0.4, -0.2) is 65.6 Å². The molecule has 0 aromatic carbocycles. The lowest BCUT2D eigenvalue weighted by Gasteiger charge is -2.23. The van der Waals surface area contributed by atoms with Gasteiger partial charge < -0.3 is 15.1 Å². The maximum atomic E-state index is 11.8. The highest BCUT2D eigenvalue weighted by Crippen LogP contribution is 2.20. The van der Waals surface area contributed by atoms with E-state index in [0.717, 1.165) is 11.2 Å². The molecule has 3 unspecified atom stereocenters. The van der Waals surface area contributed by atoms with Crippen LogP contribution in [-0.2, 0) is 19.4 Å². The minimum absolute atomic E-state index is 0.0719. The second kappa shape index (κ2) is 4.61. The summed E-state index contributed by atoms with van der Waals surface area (Å²) in [5.41, 5.74) is 0. The van der Waals surface area contributed by atoms with Gasteiger partial charge >= 0.3 is 5.97 Å². The van der Waals surface area contributed by atoms with Crippen molar-refractivity contribution in [3.8, 4) is 0 Å². The second-order valence-corrected chi connectivity index (χ2v) is 6.57. The predicted molar refractivity (Wildman–Crippen MR) is 58.1 cm³/mol. The molecule has 98 valence electrons. The number of hydrogen-bond acceptors (Lipinski definition) is 5. The molecule has 0 bridgehead atoms. The first-order valence-corrected chi connectivity index (χ1v) is 7.00. The van der Waals surface area contributed by atoms with Gasteiger partial charge in [-0.25, -0.2) is 13.2 Å². The standard InChI is InChI=1S/C9H15NO6S/c1-5(17(2,15)16)8(12)10-4-6(11)3-7(10)9(13)14/h5-7,11H,3-4H2,1-2H3,(H,13,14). The van der Waals surface area contributed by atoms with Gasteiger partial charge in [-0.3, -0.25) is 4.79 Å². The molecule has 2 N–H and O–H groups in total. The highest BCUT2D eigenvalue weighted by atomic mass is 32.2. The molecule has 0 saturated carbocycles. The van der Waals surface area contributed by atoms with Gasteiger partial charge in [0.2, 0.25) is 5.91 Å². The Morgan fingerprint density at radius 2 is 1.94 bits per heavy atom. The van der Waals surface area contributed by atoms with E-state index < -0.39 is 39.1 Å². The molecule has 1 fully saturated rings. The molecule has 7 nitrogen and oxygen atoms in total. The number of nitrogens with zero attached hydrogens (tertiary/aromatic N) is 1. The third-order valence-electron chi connectivity index (χ3n) is 2.84. The van der Waals surface area contributed by atoms with E-state index >= 15 is 0 Å². The summed E-state index contributed by atoms with van der Waals surface area (Å²) >= 11 is 0. The quantitative estimate of drug-likeness (QED) is 0.640. The predicted octanol–water partition coefficient (Wildman–Crippen LogP) is -1.53. The van der Waals surface area contributed by atoms with Gasteiger partial charge in [0.05, 0.1) is 6.10 Å². The fraction of sp³-hybridized carbons (Fsp3) is 0.778. The van der Waals surface area contributed by atoms with E-state index in [0.29, 0.717) is 0 Å². The molecule has 1 saturated heterocycles. The molecule has 1 rings (SSSR count). The minimum atomic E-state index is -3.57. The topological polar surface area (TPSA) is 112 Å². The van der Waals surface area contributed by atoms with Crippen LogP contribution in [0.2, 0.25) is 0 Å². The Bertz CT molecular complexity index is 431. The largest absolute Gasteiger partial charge is 0.480 e. The van der Waals surface area contributed by atoms with Crippen LogP contribution in [0, 0.1) is 0 Å². The van der Waals surface area contributed by atoms with E-state index in [1.165, 1.54) is 6.92 Å². The summed E-state index contributed by atoms with van der Waals surface area (Å²) in [6.45, 7) is 1.07. The number of aliphatic carboxylic acids is 1. The van der Waals surface area contributed by atoms with Crippen LogP contribution in [0.5, 0.6) is 0 Å². The molecule has 1 aliphatic rings. The summed E-state index contributed by atoms with van der Waals surface area (Å²) in [7, 11) is -3.57. The van der Waals surface area contributed by atoms with Crippen LogP contribution < -0.4 is 0 Å². The molecular formula is C9H15NO6S. The number of carboxylic acid groups (broad SMARTS) is 1. The van der Waals surface area contributed by atoms with Gasteiger partial charge in [-0.1, -0.05) is 0 Å². The van der Waals surface area contributed by atoms with Crippen molar-refractivity contribution in [2.45, 2.75) is 30.7 Å². The molecule has 0 spiro atoms. The number of carboxylic acids is 1. The number of aliphatic hydroxyl groups excluding tert-OH is 1. The number of sulfone groups is 1. The summed E-state index contributed by atoms with van der Waals surface area (Å²) in [6, 6.07) is -1.15. The van der Waals surface area contributed by atoms with Gasteiger partial charge in [-0.15, -0.1) is 0 Å². The zero-order valence-electron chi connectivity index (χ0n) is 9.53. The average Bonchev–Trinajstić information content (AvgIpc) is 2.56. The van der Waals surface area contributed by atoms with E-state index in [1.54, 1.807) is 0 Å². The van der Waals surface area contributed by atoms with Crippen LogP contribution in [0.15, 0.2) is 0 Å². The molecule has 1 aliphatic heterocycles. The number of hydrogen-bond donors (Lipinski definition) is 2. The van der Waals surface area contributed by atoms with E-state index in [1.807, 2.05) is 0 Å². The second-order valence-electron chi connectivity index (χ2n) is 4.21. The zero-order chi connectivity index (χ0) is 13.4. The van der Waals surface area contributed by atoms with Gasteiger partial charge in [0.25, 0.3) is 0 Å². The monoisotopic (exact) mass is 265 g/mol. The van der Waals surface area contributed by atoms with Gasteiger partial charge in [0.1, 0.15) is 11.3 Å². The van der Waals surface area contributed by atoms with Crippen LogP contribution in [0.4, 0.5) is 0 Å². The normalized spacial score (nSPS) is 26.9. The Morgan fingerprint density at radius 1 is 1.41 bits per heavy atom. The number of carbonyl (C=O) groups excluding carboxylic acids is 1. The smallest absolute Gasteiger partial charge is 0.326 e. The maximum absolute atomic E-state index is 11.8. The SMILES string of the molecule is CC(C(=O)N1CC(O)CC1C(=O)O)S(C)(=O)=O. The van der Waals surface area contributed by atoms with Crippen molar-refractivity contribution in [3.05, 3.63) is 0 Å². The molecule has 3 atom stereocenters. The lowest BCUT2D eigenvalue weighted by Crippen LogP contribution is -2.46. The Hall–Kier alpha value is -1.15. The molecule has 0 aromatic rings. The first-order valence-electron chi connectivity index (χ1n) is 5.04. The molecule has 17 heavy (non-hydrogen) atoms. The van der Waals surface area contributed by atoms with Crippen LogP contribution in [0.1, 0.15) is 13.3 Å². The number of carbonyl (C=O) groups is 2. The maximum Gasteiger partial charge on any atom is 0.326 e. The van der Waals surface area contributed by atoms with Crippen molar-refractivity contribution in [3.63, 3.8) is 0 Å². The van der Waals surface area contributed by atoms with Gasteiger partial charge in [-0.2, -0.15) is 0 Å². The van der Waals surface area contributed by atoms with E-state index in [2.05, 4.69) is 0 Å². The molecule has 0 aromatic heterocycles. The Morgan fingerprint density at radius 3 is 2.35 bits per heavy atom. The number of aliphatic hydroxyl groups is 1. The average molecular weight is 265 g/mol. The van der Waals surface area contributed by atoms with Crippen LogP contribution in [0.3, 0.4) is 0 Å². The zero-order valence-corrected chi connectivity index (χ0v) is 10.3. The van der Waals surface area contributed by atoms with E-state index in [9.17, 15) is 23.1 Å². The Labute approximate surface area is 98.9 Å². The van der Waals surface area contributed by atoms with Crippen LogP contribution in [0.25, 0.3) is 0 Å². The molecular weight excluding hydrogens is 250 g/mol.